The lowest BCUT2D eigenvalue weighted by atomic mass is 10.2. The molecule has 1 unspecified atom stereocenters. The lowest BCUT2D eigenvalue weighted by molar-refractivity contribution is 0.803. The van der Waals surface area contributed by atoms with Gasteiger partial charge in [-0.1, -0.05) is 17.7 Å². The highest BCUT2D eigenvalue weighted by atomic mass is 35.5. The number of pyridine rings is 1. The van der Waals surface area contributed by atoms with Crippen LogP contribution in [0.25, 0.3) is 0 Å². The average molecular weight is 229 g/mol. The van der Waals surface area contributed by atoms with Crippen LogP contribution < -0.4 is 5.32 Å². The van der Waals surface area contributed by atoms with Crippen LogP contribution in [0, 0.1) is 0 Å². The zero-order valence-corrected chi connectivity index (χ0v) is 9.44. The van der Waals surface area contributed by atoms with Crippen LogP contribution in [0.1, 0.15) is 12.8 Å². The third-order valence-corrected chi connectivity index (χ3v) is 3.86. The van der Waals surface area contributed by atoms with Gasteiger partial charge in [-0.2, -0.15) is 11.8 Å². The van der Waals surface area contributed by atoms with E-state index in [2.05, 4.69) is 10.3 Å². The van der Waals surface area contributed by atoms with Crippen molar-refractivity contribution in [1.82, 2.24) is 4.98 Å². The van der Waals surface area contributed by atoms with E-state index < -0.39 is 0 Å². The van der Waals surface area contributed by atoms with E-state index in [0.29, 0.717) is 5.15 Å². The van der Waals surface area contributed by atoms with Crippen molar-refractivity contribution < 1.29 is 0 Å². The van der Waals surface area contributed by atoms with Crippen molar-refractivity contribution >= 4 is 29.2 Å². The van der Waals surface area contributed by atoms with Gasteiger partial charge in [-0.3, -0.25) is 0 Å². The van der Waals surface area contributed by atoms with Crippen LogP contribution in [0.5, 0.6) is 0 Å². The van der Waals surface area contributed by atoms with Gasteiger partial charge in [0.25, 0.3) is 0 Å². The Bertz CT molecular complexity index is 300. The standard InChI is InChI=1S/C10H13ClN2S/c11-9-4-1-5-10(13-9)12-7-8-3-2-6-14-8/h1,4-5,8H,2-3,6-7H2,(H,12,13). The fraction of sp³-hybridized carbons (Fsp3) is 0.500. The normalized spacial score (nSPS) is 21.1. The number of thioether (sulfide) groups is 1. The monoisotopic (exact) mass is 228 g/mol. The Kier molecular flexibility index (Phi) is 3.54. The first-order valence-electron chi connectivity index (χ1n) is 4.82. The second-order valence-electron chi connectivity index (χ2n) is 3.36. The van der Waals surface area contributed by atoms with Crippen molar-refractivity contribution in [1.29, 1.82) is 0 Å². The SMILES string of the molecule is Clc1cccc(NCC2CCCS2)n1. The summed E-state index contributed by atoms with van der Waals surface area (Å²) in [7, 11) is 0. The molecule has 14 heavy (non-hydrogen) atoms. The predicted octanol–water partition coefficient (Wildman–Crippen LogP) is 3.04. The van der Waals surface area contributed by atoms with Crippen molar-refractivity contribution in [2.24, 2.45) is 0 Å². The molecule has 0 spiro atoms. The summed E-state index contributed by atoms with van der Waals surface area (Å²) in [6.45, 7) is 0.998. The number of halogens is 1. The summed E-state index contributed by atoms with van der Waals surface area (Å²) >= 11 is 7.83. The number of aromatic nitrogens is 1. The summed E-state index contributed by atoms with van der Waals surface area (Å²) < 4.78 is 0. The number of rotatable bonds is 3. The van der Waals surface area contributed by atoms with E-state index >= 15 is 0 Å². The van der Waals surface area contributed by atoms with Gasteiger partial charge in [0.1, 0.15) is 11.0 Å². The fourth-order valence-electron chi connectivity index (χ4n) is 1.53. The molecular formula is C10H13ClN2S. The van der Waals surface area contributed by atoms with E-state index in [9.17, 15) is 0 Å². The van der Waals surface area contributed by atoms with E-state index in [1.54, 1.807) is 6.07 Å². The summed E-state index contributed by atoms with van der Waals surface area (Å²) in [5.41, 5.74) is 0. The van der Waals surface area contributed by atoms with Gasteiger partial charge < -0.3 is 5.32 Å². The van der Waals surface area contributed by atoms with Crippen molar-refractivity contribution in [3.8, 4) is 0 Å². The molecule has 0 radical (unpaired) electrons. The second-order valence-corrected chi connectivity index (χ2v) is 5.16. The first kappa shape index (κ1) is 10.1. The first-order chi connectivity index (χ1) is 6.84. The van der Waals surface area contributed by atoms with E-state index in [-0.39, 0.29) is 0 Å². The van der Waals surface area contributed by atoms with Gasteiger partial charge in [-0.05, 0) is 30.7 Å². The van der Waals surface area contributed by atoms with Crippen LogP contribution in [-0.2, 0) is 0 Å². The molecule has 0 bridgehead atoms. The molecule has 0 aliphatic carbocycles. The number of anilines is 1. The van der Waals surface area contributed by atoms with Gasteiger partial charge in [0.2, 0.25) is 0 Å². The third-order valence-electron chi connectivity index (χ3n) is 2.25. The molecule has 1 saturated heterocycles. The molecule has 2 nitrogen and oxygen atoms in total. The van der Waals surface area contributed by atoms with Crippen LogP contribution in [-0.4, -0.2) is 22.5 Å². The number of hydrogen-bond acceptors (Lipinski definition) is 3. The third kappa shape index (κ3) is 2.79. The van der Waals surface area contributed by atoms with Crippen molar-refractivity contribution in [3.05, 3.63) is 23.4 Å². The van der Waals surface area contributed by atoms with E-state index in [0.717, 1.165) is 17.6 Å². The molecule has 1 aromatic rings. The van der Waals surface area contributed by atoms with Gasteiger partial charge in [-0.15, -0.1) is 0 Å². The average Bonchev–Trinajstić information content (AvgIpc) is 2.67. The lowest BCUT2D eigenvalue weighted by Crippen LogP contribution is -2.14. The molecule has 1 aliphatic heterocycles. The Morgan fingerprint density at radius 3 is 3.21 bits per heavy atom. The minimum absolute atomic E-state index is 0.550. The Hall–Kier alpha value is -0.410. The van der Waals surface area contributed by atoms with Crippen LogP contribution in [0.4, 0.5) is 5.82 Å². The highest BCUT2D eigenvalue weighted by Gasteiger charge is 2.14. The maximum Gasteiger partial charge on any atom is 0.131 e. The Labute approximate surface area is 93.4 Å². The van der Waals surface area contributed by atoms with Crippen molar-refractivity contribution in [2.75, 3.05) is 17.6 Å². The van der Waals surface area contributed by atoms with Gasteiger partial charge in [0, 0.05) is 11.8 Å². The molecule has 0 amide bonds. The molecule has 1 N–H and O–H groups in total. The predicted molar refractivity (Wildman–Crippen MR) is 63.2 cm³/mol. The molecule has 1 atom stereocenters. The Balaban J connectivity index is 1.85. The van der Waals surface area contributed by atoms with Crippen molar-refractivity contribution in [3.63, 3.8) is 0 Å². The van der Waals surface area contributed by atoms with Gasteiger partial charge in [0.15, 0.2) is 0 Å². The topological polar surface area (TPSA) is 24.9 Å². The summed E-state index contributed by atoms with van der Waals surface area (Å²) in [6.07, 6.45) is 2.66. The van der Waals surface area contributed by atoms with Crippen LogP contribution >= 0.6 is 23.4 Å². The number of nitrogens with one attached hydrogen (secondary N) is 1. The minimum atomic E-state index is 0.550. The molecule has 2 rings (SSSR count). The van der Waals surface area contributed by atoms with Crippen LogP contribution in [0.3, 0.4) is 0 Å². The molecule has 1 aliphatic rings. The molecule has 1 fully saturated rings. The number of hydrogen-bond donors (Lipinski definition) is 1. The zero-order chi connectivity index (χ0) is 9.80. The summed E-state index contributed by atoms with van der Waals surface area (Å²) in [5, 5.41) is 4.61. The molecule has 4 heteroatoms. The second kappa shape index (κ2) is 4.89. The molecule has 1 aromatic heterocycles. The number of nitrogens with zero attached hydrogens (tertiary/aromatic N) is 1. The largest absolute Gasteiger partial charge is 0.369 e. The quantitative estimate of drug-likeness (QED) is 0.805. The van der Waals surface area contributed by atoms with Crippen molar-refractivity contribution in [2.45, 2.75) is 18.1 Å². The fourth-order valence-corrected chi connectivity index (χ4v) is 2.90. The van der Waals surface area contributed by atoms with E-state index in [4.69, 9.17) is 11.6 Å². The Morgan fingerprint density at radius 1 is 1.57 bits per heavy atom. The maximum atomic E-state index is 5.78. The molecule has 0 aromatic carbocycles. The lowest BCUT2D eigenvalue weighted by Gasteiger charge is -2.10. The van der Waals surface area contributed by atoms with E-state index in [1.165, 1.54) is 18.6 Å². The maximum absolute atomic E-state index is 5.78. The van der Waals surface area contributed by atoms with Gasteiger partial charge in [0.05, 0.1) is 0 Å². The highest BCUT2D eigenvalue weighted by Crippen LogP contribution is 2.26. The summed E-state index contributed by atoms with van der Waals surface area (Å²) in [6, 6.07) is 5.65. The van der Waals surface area contributed by atoms with Gasteiger partial charge >= 0.3 is 0 Å². The Morgan fingerprint density at radius 2 is 2.50 bits per heavy atom. The molecule has 0 saturated carbocycles. The zero-order valence-electron chi connectivity index (χ0n) is 7.87. The molecular weight excluding hydrogens is 216 g/mol. The molecule has 76 valence electrons. The van der Waals surface area contributed by atoms with E-state index in [1.807, 2.05) is 23.9 Å². The van der Waals surface area contributed by atoms with Crippen LogP contribution in [0.2, 0.25) is 5.15 Å². The smallest absolute Gasteiger partial charge is 0.131 e. The molecule has 2 heterocycles. The van der Waals surface area contributed by atoms with Crippen LogP contribution in [0.15, 0.2) is 18.2 Å². The highest BCUT2D eigenvalue weighted by molar-refractivity contribution is 8.00. The first-order valence-corrected chi connectivity index (χ1v) is 6.25. The summed E-state index contributed by atoms with van der Waals surface area (Å²) in [5.74, 6) is 2.18. The summed E-state index contributed by atoms with van der Waals surface area (Å²) in [4.78, 5) is 4.18. The minimum Gasteiger partial charge on any atom is -0.369 e. The van der Waals surface area contributed by atoms with Gasteiger partial charge in [-0.25, -0.2) is 4.98 Å².